The zero-order valence-electron chi connectivity index (χ0n) is 21.0. The van der Waals surface area contributed by atoms with Gasteiger partial charge in [-0.2, -0.15) is 0 Å². The van der Waals surface area contributed by atoms with Crippen LogP contribution in [0.3, 0.4) is 0 Å². The number of hydrogen-bond acceptors (Lipinski definition) is 4. The number of rotatable bonds is 6. The lowest BCUT2D eigenvalue weighted by Gasteiger charge is -2.62. The van der Waals surface area contributed by atoms with Crippen molar-refractivity contribution in [3.63, 3.8) is 0 Å². The first-order chi connectivity index (χ1) is 15.0. The van der Waals surface area contributed by atoms with Crippen molar-refractivity contribution in [2.45, 2.75) is 111 Å². The highest BCUT2D eigenvalue weighted by molar-refractivity contribution is 5.87. The third-order valence-corrected chi connectivity index (χ3v) is 8.82. The van der Waals surface area contributed by atoms with Gasteiger partial charge in [-0.3, -0.25) is 0 Å². The monoisotopic (exact) mass is 444 g/mol. The normalized spacial score (nSPS) is 33.9. The van der Waals surface area contributed by atoms with E-state index < -0.39 is 0 Å². The molecule has 0 radical (unpaired) electrons. The van der Waals surface area contributed by atoms with Crippen molar-refractivity contribution in [2.75, 3.05) is 0 Å². The Morgan fingerprint density at radius 3 is 1.91 bits per heavy atom. The largest absolute Gasteiger partial charge is 0.458 e. The van der Waals surface area contributed by atoms with Gasteiger partial charge >= 0.3 is 11.9 Å². The molecule has 0 amide bonds. The molecular formula is C28H44O4. The predicted octanol–water partition coefficient (Wildman–Crippen LogP) is 6.79. The summed E-state index contributed by atoms with van der Waals surface area (Å²) in [6.07, 6.45) is 12.0. The molecule has 0 saturated heterocycles. The summed E-state index contributed by atoms with van der Waals surface area (Å²) in [4.78, 5) is 23.3. The topological polar surface area (TPSA) is 52.6 Å². The van der Waals surface area contributed by atoms with Gasteiger partial charge in [0.05, 0.1) is 0 Å². The first-order valence-corrected chi connectivity index (χ1v) is 12.8. The second kappa shape index (κ2) is 9.73. The lowest BCUT2D eigenvalue weighted by molar-refractivity contribution is -0.201. The van der Waals surface area contributed by atoms with Crippen LogP contribution in [0, 0.1) is 29.1 Å². The van der Waals surface area contributed by atoms with Gasteiger partial charge in [-0.05, 0) is 102 Å². The van der Waals surface area contributed by atoms with Crippen LogP contribution >= 0.6 is 0 Å². The molecule has 0 aromatic heterocycles. The van der Waals surface area contributed by atoms with Gasteiger partial charge in [-0.1, -0.05) is 33.9 Å². The van der Waals surface area contributed by atoms with Crippen molar-refractivity contribution in [1.29, 1.82) is 0 Å². The fourth-order valence-corrected chi connectivity index (χ4v) is 7.12. The van der Waals surface area contributed by atoms with E-state index in [-0.39, 0.29) is 29.1 Å². The van der Waals surface area contributed by atoms with E-state index in [0.717, 1.165) is 31.1 Å². The van der Waals surface area contributed by atoms with Crippen LogP contribution in [0.5, 0.6) is 0 Å². The fourth-order valence-electron chi connectivity index (χ4n) is 7.12. The summed E-state index contributed by atoms with van der Waals surface area (Å²) in [5.74, 6) is 2.57. The Morgan fingerprint density at radius 2 is 1.47 bits per heavy atom. The Kier molecular flexibility index (Phi) is 7.62. The summed E-state index contributed by atoms with van der Waals surface area (Å²) in [5, 5.41) is 0. The molecule has 5 aliphatic rings. The molecule has 4 bridgehead atoms. The standard InChI is InChI=1S/C17H26O2.C11H18O2/c1-10(2)16(18)19-15-14-6-12-5-13(7-14)9-17(15,8-12)11(3)4;1-4-11(7-5-6-8-11)13-10(12)9(2)3/h11-15H,1,5-9H2,2-4H3;2,4-8H2,1,3H3. The van der Waals surface area contributed by atoms with Crippen molar-refractivity contribution < 1.29 is 19.1 Å². The maximum atomic E-state index is 12.0. The number of carbonyl (C=O) groups is 2. The van der Waals surface area contributed by atoms with Gasteiger partial charge in [0, 0.05) is 16.6 Å². The molecule has 180 valence electrons. The van der Waals surface area contributed by atoms with Crippen molar-refractivity contribution in [1.82, 2.24) is 0 Å². The van der Waals surface area contributed by atoms with E-state index in [0.29, 0.717) is 23.0 Å². The minimum atomic E-state index is -0.233. The SMILES string of the molecule is C=C(C)C(=O)OC1(CC)CCCC1.C=C(C)C(=O)OC1C2CC3CC(C2)CC1(C(C)C)C3. The van der Waals surface area contributed by atoms with E-state index in [2.05, 4.69) is 33.9 Å². The smallest absolute Gasteiger partial charge is 0.333 e. The van der Waals surface area contributed by atoms with Crippen molar-refractivity contribution in [3.8, 4) is 0 Å². The molecular weight excluding hydrogens is 400 g/mol. The number of hydrogen-bond donors (Lipinski definition) is 0. The van der Waals surface area contributed by atoms with Crippen LogP contribution in [0.2, 0.25) is 0 Å². The summed E-state index contributed by atoms with van der Waals surface area (Å²) in [7, 11) is 0. The molecule has 4 nitrogen and oxygen atoms in total. The van der Waals surface area contributed by atoms with Gasteiger partial charge in [0.2, 0.25) is 0 Å². The van der Waals surface area contributed by atoms with Crippen molar-refractivity contribution in [3.05, 3.63) is 24.3 Å². The van der Waals surface area contributed by atoms with Crippen LogP contribution in [-0.2, 0) is 19.1 Å². The lowest BCUT2D eigenvalue weighted by atomic mass is 9.45. The quantitative estimate of drug-likeness (QED) is 0.334. The van der Waals surface area contributed by atoms with Crippen LogP contribution in [0.25, 0.3) is 0 Å². The van der Waals surface area contributed by atoms with Crippen LogP contribution < -0.4 is 0 Å². The van der Waals surface area contributed by atoms with E-state index in [9.17, 15) is 9.59 Å². The summed E-state index contributed by atoms with van der Waals surface area (Å²) in [6, 6.07) is 0. The zero-order chi connectivity index (χ0) is 23.7. The zero-order valence-corrected chi connectivity index (χ0v) is 21.0. The molecule has 3 unspecified atom stereocenters. The summed E-state index contributed by atoms with van der Waals surface area (Å²) in [5.41, 5.74) is 1.11. The van der Waals surface area contributed by atoms with E-state index >= 15 is 0 Å². The van der Waals surface area contributed by atoms with E-state index in [1.54, 1.807) is 13.8 Å². The van der Waals surface area contributed by atoms with Crippen molar-refractivity contribution >= 4 is 11.9 Å². The van der Waals surface area contributed by atoms with E-state index in [1.165, 1.54) is 44.9 Å². The number of carbonyl (C=O) groups excluding carboxylic acids is 2. The molecule has 3 atom stereocenters. The van der Waals surface area contributed by atoms with Gasteiger partial charge in [0.25, 0.3) is 0 Å². The van der Waals surface area contributed by atoms with Crippen LogP contribution in [-0.4, -0.2) is 23.6 Å². The molecule has 0 aromatic carbocycles. The van der Waals surface area contributed by atoms with Gasteiger partial charge in [0.15, 0.2) is 0 Å². The highest BCUT2D eigenvalue weighted by atomic mass is 16.6. The first-order valence-electron chi connectivity index (χ1n) is 12.8. The highest BCUT2D eigenvalue weighted by Gasteiger charge is 2.59. The minimum absolute atomic E-state index is 0.143. The average molecular weight is 445 g/mol. The summed E-state index contributed by atoms with van der Waals surface area (Å²) >= 11 is 0. The van der Waals surface area contributed by atoms with Crippen molar-refractivity contribution in [2.24, 2.45) is 29.1 Å². The van der Waals surface area contributed by atoms with Gasteiger partial charge < -0.3 is 9.47 Å². The van der Waals surface area contributed by atoms with E-state index in [1.807, 2.05) is 0 Å². The van der Waals surface area contributed by atoms with E-state index in [4.69, 9.17) is 9.47 Å². The van der Waals surface area contributed by atoms with Crippen LogP contribution in [0.4, 0.5) is 0 Å². The predicted molar refractivity (Wildman–Crippen MR) is 128 cm³/mol. The fraction of sp³-hybridized carbons (Fsp3) is 0.786. The molecule has 32 heavy (non-hydrogen) atoms. The molecule has 0 N–H and O–H groups in total. The summed E-state index contributed by atoms with van der Waals surface area (Å²) in [6.45, 7) is 17.5. The van der Waals surface area contributed by atoms with Crippen LogP contribution in [0.15, 0.2) is 24.3 Å². The molecule has 5 saturated carbocycles. The maximum Gasteiger partial charge on any atom is 0.333 e. The Hall–Kier alpha value is -1.58. The number of ether oxygens (including phenoxy) is 2. The van der Waals surface area contributed by atoms with Gasteiger partial charge in [0.1, 0.15) is 11.7 Å². The second-order valence-corrected chi connectivity index (χ2v) is 11.5. The molecule has 0 aliphatic heterocycles. The lowest BCUT2D eigenvalue weighted by Crippen LogP contribution is -2.59. The minimum Gasteiger partial charge on any atom is -0.458 e. The summed E-state index contributed by atoms with van der Waals surface area (Å²) < 4.78 is 11.4. The Balaban J connectivity index is 0.000000195. The molecule has 0 heterocycles. The van der Waals surface area contributed by atoms with Gasteiger partial charge in [-0.25, -0.2) is 9.59 Å². The second-order valence-electron chi connectivity index (χ2n) is 11.5. The Labute approximate surface area is 195 Å². The third kappa shape index (κ3) is 4.99. The molecule has 0 aromatic rings. The molecule has 5 aliphatic carbocycles. The molecule has 5 fully saturated rings. The maximum absolute atomic E-state index is 12.0. The Bertz CT molecular complexity index is 729. The van der Waals surface area contributed by atoms with Crippen LogP contribution in [0.1, 0.15) is 98.8 Å². The number of esters is 2. The molecule has 0 spiro atoms. The molecule has 4 heteroatoms. The molecule has 5 rings (SSSR count). The Morgan fingerprint density at radius 1 is 0.938 bits per heavy atom. The third-order valence-electron chi connectivity index (χ3n) is 8.82. The average Bonchev–Trinajstić information content (AvgIpc) is 3.19. The first kappa shape index (κ1) is 25.1. The van der Waals surface area contributed by atoms with Gasteiger partial charge in [-0.15, -0.1) is 0 Å². The highest BCUT2D eigenvalue weighted by Crippen LogP contribution is 2.63.